The number of alkyl carbamates (subject to hydrolysis) is 1. The summed E-state index contributed by atoms with van der Waals surface area (Å²) in [6, 6.07) is -1.24. The Balaban J connectivity index is 4.45. The highest BCUT2D eigenvalue weighted by molar-refractivity contribution is 5.80. The molecule has 0 radical (unpaired) electrons. The van der Waals surface area contributed by atoms with Crippen molar-refractivity contribution in [3.63, 3.8) is 0 Å². The van der Waals surface area contributed by atoms with Gasteiger partial charge in [-0.15, -0.1) is 0 Å². The second-order valence-electron chi connectivity index (χ2n) is 4.33. The molecule has 0 aromatic carbocycles. The largest absolute Gasteiger partial charge is 0.480 e. The minimum Gasteiger partial charge on any atom is -0.480 e. The Morgan fingerprint density at radius 1 is 1.44 bits per heavy atom. The lowest BCUT2D eigenvalue weighted by Crippen LogP contribution is -2.49. The summed E-state index contributed by atoms with van der Waals surface area (Å²) in [5.74, 6) is -1.24. The van der Waals surface area contributed by atoms with Gasteiger partial charge < -0.3 is 19.9 Å². The lowest BCUT2D eigenvalue weighted by Gasteiger charge is -2.24. The van der Waals surface area contributed by atoms with Crippen molar-refractivity contribution in [2.75, 3.05) is 7.09 Å². The Morgan fingerprint density at radius 3 is 2.38 bits per heavy atom. The molecule has 0 spiro atoms. The molecule has 0 aliphatic carbocycles. The third kappa shape index (κ3) is 5.55. The van der Waals surface area contributed by atoms with Crippen LogP contribution in [0.2, 0.25) is 0 Å². The molecule has 2 atom stereocenters. The number of ether oxygens (including phenoxy) is 2. The maximum absolute atomic E-state index is 11.4. The number of hydrogen-bond acceptors (Lipinski definition) is 4. The third-order valence-corrected chi connectivity index (χ3v) is 1.67. The number of carbonyl (C=O) groups is 2. The van der Waals surface area contributed by atoms with Crippen LogP contribution in [0.25, 0.3) is 0 Å². The summed E-state index contributed by atoms with van der Waals surface area (Å²) in [7, 11) is -0.374. The highest BCUT2D eigenvalue weighted by atomic mass is 16.6. The fourth-order valence-electron chi connectivity index (χ4n) is 0.911. The van der Waals surface area contributed by atoms with Crippen molar-refractivity contribution in [2.24, 2.45) is 0 Å². The van der Waals surface area contributed by atoms with E-state index in [-0.39, 0.29) is 7.09 Å². The van der Waals surface area contributed by atoms with Crippen LogP contribution in [0.15, 0.2) is 0 Å². The molecule has 0 saturated heterocycles. The Morgan fingerprint density at radius 2 is 2.00 bits per heavy atom. The first-order valence-electron chi connectivity index (χ1n) is 5.51. The quantitative estimate of drug-likeness (QED) is 0.758. The first-order chi connectivity index (χ1) is 7.67. The zero-order chi connectivity index (χ0) is 13.6. The van der Waals surface area contributed by atoms with E-state index < -0.39 is 29.8 Å². The molecule has 0 aromatic rings. The van der Waals surface area contributed by atoms with Crippen molar-refractivity contribution >= 4 is 12.1 Å². The van der Waals surface area contributed by atoms with Crippen molar-refractivity contribution in [3.05, 3.63) is 0 Å². The molecule has 0 fully saturated rings. The van der Waals surface area contributed by atoms with Gasteiger partial charge in [0.1, 0.15) is 5.60 Å². The van der Waals surface area contributed by atoms with Gasteiger partial charge in [-0.1, -0.05) is 0 Å². The standard InChI is InChI=1S/C10H19NO5/c1-6(15-5)7(8(12)13)11-9(14)16-10(2,3)4/h6-7H,1-5H3,(H,11,14)(H,12,13)/t6-,7+/m1/s1/i5D. The topological polar surface area (TPSA) is 84.9 Å². The molecule has 16 heavy (non-hydrogen) atoms. The Bertz CT molecular complexity index is 276. The van der Waals surface area contributed by atoms with E-state index >= 15 is 0 Å². The number of hydrogen-bond donors (Lipinski definition) is 2. The van der Waals surface area contributed by atoms with Crippen LogP contribution in [-0.4, -0.2) is 42.0 Å². The predicted octanol–water partition coefficient (Wildman–Crippen LogP) is 0.999. The Labute approximate surface area is 96.3 Å². The maximum Gasteiger partial charge on any atom is 0.408 e. The normalized spacial score (nSPS) is 15.9. The van der Waals surface area contributed by atoms with E-state index in [2.05, 4.69) is 5.32 Å². The van der Waals surface area contributed by atoms with Gasteiger partial charge in [-0.25, -0.2) is 9.59 Å². The highest BCUT2D eigenvalue weighted by Crippen LogP contribution is 2.07. The van der Waals surface area contributed by atoms with E-state index in [1.54, 1.807) is 20.8 Å². The summed E-state index contributed by atoms with van der Waals surface area (Å²) in [4.78, 5) is 22.3. The fraction of sp³-hybridized carbons (Fsp3) is 0.800. The molecule has 0 aromatic heterocycles. The highest BCUT2D eigenvalue weighted by Gasteiger charge is 2.28. The van der Waals surface area contributed by atoms with Crippen LogP contribution in [0.3, 0.4) is 0 Å². The molecule has 0 aliphatic rings. The zero-order valence-corrected chi connectivity index (χ0v) is 9.94. The molecule has 0 aliphatic heterocycles. The van der Waals surface area contributed by atoms with Crippen LogP contribution in [0, 0.1) is 0 Å². The third-order valence-electron chi connectivity index (χ3n) is 1.67. The fourth-order valence-corrected chi connectivity index (χ4v) is 0.911. The molecule has 0 heterocycles. The van der Waals surface area contributed by atoms with E-state index in [0.29, 0.717) is 0 Å². The van der Waals surface area contributed by atoms with Crippen molar-refractivity contribution in [2.45, 2.75) is 45.4 Å². The van der Waals surface area contributed by atoms with E-state index in [1.807, 2.05) is 0 Å². The molecule has 94 valence electrons. The smallest absolute Gasteiger partial charge is 0.408 e. The number of rotatable bonds is 4. The van der Waals surface area contributed by atoms with Crippen molar-refractivity contribution in [1.82, 2.24) is 5.32 Å². The molecular formula is C10H19NO5. The minimum absolute atomic E-state index is 0.374. The van der Waals surface area contributed by atoms with Gasteiger partial charge in [0.25, 0.3) is 0 Å². The summed E-state index contributed by atoms with van der Waals surface area (Å²) in [6.07, 6.45) is -1.64. The number of carboxylic acids is 1. The number of carboxylic acid groups (broad SMARTS) is 1. The molecule has 6 heteroatoms. The number of nitrogens with one attached hydrogen (secondary N) is 1. The van der Waals surface area contributed by atoms with Crippen LogP contribution in [0.1, 0.15) is 29.1 Å². The molecule has 1 amide bonds. The number of carbonyl (C=O) groups excluding carboxylic acids is 1. The van der Waals surface area contributed by atoms with E-state index in [1.165, 1.54) is 6.92 Å². The average molecular weight is 234 g/mol. The second-order valence-corrected chi connectivity index (χ2v) is 4.33. The van der Waals surface area contributed by atoms with Gasteiger partial charge in [0, 0.05) is 7.09 Å². The minimum atomic E-state index is -1.24. The Hall–Kier alpha value is -1.30. The van der Waals surface area contributed by atoms with Crippen LogP contribution < -0.4 is 5.32 Å². The van der Waals surface area contributed by atoms with Gasteiger partial charge in [0.2, 0.25) is 0 Å². The number of amides is 1. The summed E-state index contributed by atoms with van der Waals surface area (Å²) in [5.41, 5.74) is -0.702. The summed E-state index contributed by atoms with van der Waals surface area (Å²) < 4.78 is 16.6. The number of aliphatic carboxylic acids is 1. The monoisotopic (exact) mass is 234 g/mol. The summed E-state index contributed by atoms with van der Waals surface area (Å²) >= 11 is 0. The van der Waals surface area contributed by atoms with Gasteiger partial charge >= 0.3 is 12.1 Å². The lowest BCUT2D eigenvalue weighted by atomic mass is 10.2. The van der Waals surface area contributed by atoms with Crippen molar-refractivity contribution in [3.8, 4) is 0 Å². The van der Waals surface area contributed by atoms with E-state index in [9.17, 15) is 9.59 Å². The SMILES string of the molecule is [2H]CO[C@H](C)[C@H](NC(=O)OC(C)(C)C)C(=O)O. The average Bonchev–Trinajstić information content (AvgIpc) is 2.11. The van der Waals surface area contributed by atoms with Crippen LogP contribution in [-0.2, 0) is 14.3 Å². The van der Waals surface area contributed by atoms with Crippen molar-refractivity contribution in [1.29, 1.82) is 0 Å². The molecule has 0 rings (SSSR count). The van der Waals surface area contributed by atoms with Gasteiger partial charge in [-0.3, -0.25) is 0 Å². The zero-order valence-electron chi connectivity index (χ0n) is 10.9. The molecular weight excluding hydrogens is 214 g/mol. The van der Waals surface area contributed by atoms with E-state index in [0.717, 1.165) is 0 Å². The number of methoxy groups -OCH3 is 1. The predicted molar refractivity (Wildman–Crippen MR) is 57.3 cm³/mol. The second kappa shape index (κ2) is 5.69. The van der Waals surface area contributed by atoms with Gasteiger partial charge in [0.05, 0.1) is 7.47 Å². The van der Waals surface area contributed by atoms with Gasteiger partial charge in [-0.2, -0.15) is 0 Å². The molecule has 0 saturated carbocycles. The van der Waals surface area contributed by atoms with Gasteiger partial charge in [-0.05, 0) is 27.7 Å². The van der Waals surface area contributed by atoms with Crippen LogP contribution in [0.5, 0.6) is 0 Å². The molecule has 6 nitrogen and oxygen atoms in total. The summed E-state index contributed by atoms with van der Waals surface area (Å²) in [6.45, 7) is 6.48. The molecule has 2 N–H and O–H groups in total. The lowest BCUT2D eigenvalue weighted by molar-refractivity contribution is -0.142. The van der Waals surface area contributed by atoms with E-state index in [4.69, 9.17) is 16.0 Å². The summed E-state index contributed by atoms with van der Waals surface area (Å²) in [5, 5.41) is 11.1. The first-order valence-corrected chi connectivity index (χ1v) is 4.80. The van der Waals surface area contributed by atoms with Crippen molar-refractivity contribution < 1.29 is 25.5 Å². The molecule has 0 unspecified atom stereocenters. The van der Waals surface area contributed by atoms with Crippen LogP contribution in [0.4, 0.5) is 4.79 Å². The van der Waals surface area contributed by atoms with Gasteiger partial charge in [0.15, 0.2) is 6.04 Å². The first kappa shape index (κ1) is 12.8. The van der Waals surface area contributed by atoms with Crippen LogP contribution >= 0.6 is 0 Å². The molecule has 0 bridgehead atoms. The maximum atomic E-state index is 11.4. The Kier molecular flexibility index (Phi) is 4.54.